The first-order valence-electron chi connectivity index (χ1n) is 10.9. The van der Waals surface area contributed by atoms with Crippen molar-refractivity contribution in [2.24, 2.45) is 5.92 Å². The van der Waals surface area contributed by atoms with Crippen molar-refractivity contribution in [1.82, 2.24) is 10.2 Å². The van der Waals surface area contributed by atoms with Gasteiger partial charge >= 0.3 is 6.18 Å². The zero-order valence-electron chi connectivity index (χ0n) is 18.1. The molecule has 33 heavy (non-hydrogen) atoms. The van der Waals surface area contributed by atoms with E-state index in [1.165, 1.54) is 17.0 Å². The number of nitrogens with one attached hydrogen (secondary N) is 1. The average Bonchev–Trinajstić information content (AvgIpc) is 3.20. The molecule has 0 aromatic heterocycles. The van der Waals surface area contributed by atoms with Crippen LogP contribution in [0.15, 0.2) is 48.5 Å². The van der Waals surface area contributed by atoms with Crippen LogP contribution in [-0.4, -0.2) is 49.6 Å². The van der Waals surface area contributed by atoms with Crippen LogP contribution >= 0.6 is 0 Å². The molecule has 1 atom stereocenters. The van der Waals surface area contributed by atoms with Crippen molar-refractivity contribution in [1.29, 1.82) is 0 Å². The molecule has 2 amide bonds. The Hall–Kier alpha value is -2.91. The van der Waals surface area contributed by atoms with Crippen LogP contribution in [0.4, 0.5) is 18.9 Å². The molecular weight excluding hydrogens is 435 g/mol. The fraction of sp³-hybridized carbons (Fsp3) is 0.417. The summed E-state index contributed by atoms with van der Waals surface area (Å²) in [5.74, 6) is -1.25. The zero-order valence-corrected chi connectivity index (χ0v) is 18.1. The zero-order chi connectivity index (χ0) is 23.4. The van der Waals surface area contributed by atoms with Crippen molar-refractivity contribution >= 4 is 17.5 Å². The molecule has 0 saturated carbocycles. The molecular formula is C24H26F3N3O3. The second kappa shape index (κ2) is 9.93. The van der Waals surface area contributed by atoms with Crippen LogP contribution in [0.2, 0.25) is 0 Å². The highest BCUT2D eigenvalue weighted by atomic mass is 19.4. The summed E-state index contributed by atoms with van der Waals surface area (Å²) in [6.07, 6.45) is -4.53. The molecule has 4 rings (SSSR count). The van der Waals surface area contributed by atoms with E-state index in [1.54, 1.807) is 0 Å². The molecule has 176 valence electrons. The fourth-order valence-electron chi connectivity index (χ4n) is 4.19. The monoisotopic (exact) mass is 461 g/mol. The lowest BCUT2D eigenvalue weighted by atomic mass is 10.1. The van der Waals surface area contributed by atoms with E-state index in [0.717, 1.165) is 42.9 Å². The van der Waals surface area contributed by atoms with Crippen LogP contribution in [0.1, 0.15) is 23.1 Å². The number of rotatable bonds is 6. The van der Waals surface area contributed by atoms with Crippen molar-refractivity contribution in [3.63, 3.8) is 0 Å². The highest BCUT2D eigenvalue weighted by Crippen LogP contribution is 2.33. The van der Waals surface area contributed by atoms with Gasteiger partial charge in [0.05, 0.1) is 24.7 Å². The van der Waals surface area contributed by atoms with Crippen LogP contribution in [0.3, 0.4) is 0 Å². The molecule has 0 unspecified atom stereocenters. The second-order valence-corrected chi connectivity index (χ2v) is 8.33. The molecule has 2 saturated heterocycles. The summed E-state index contributed by atoms with van der Waals surface area (Å²) in [5, 5.41) is 2.91. The van der Waals surface area contributed by atoms with E-state index in [2.05, 4.69) is 10.2 Å². The van der Waals surface area contributed by atoms with Gasteiger partial charge in [-0.15, -0.1) is 0 Å². The highest BCUT2D eigenvalue weighted by Gasteiger charge is 2.36. The number of nitrogens with zero attached hydrogens (tertiary/aromatic N) is 2. The highest BCUT2D eigenvalue weighted by molar-refractivity contribution is 6.00. The summed E-state index contributed by atoms with van der Waals surface area (Å²) in [6.45, 7) is 4.27. The quantitative estimate of drug-likeness (QED) is 0.718. The van der Waals surface area contributed by atoms with E-state index in [0.29, 0.717) is 19.8 Å². The number of hydrogen-bond donors (Lipinski definition) is 1. The normalized spacial score (nSPS) is 19.7. The maximum atomic E-state index is 13.0. The Balaban J connectivity index is 1.37. The van der Waals surface area contributed by atoms with Gasteiger partial charge < -0.3 is 15.0 Å². The SMILES string of the molecule is O=C(NCc1ccccc1CN1CCOCC1)[C@@H]1CC(=O)N(c2cccc(C(F)(F)F)c2)C1. The Morgan fingerprint density at radius 2 is 1.79 bits per heavy atom. The summed E-state index contributed by atoms with van der Waals surface area (Å²) < 4.78 is 44.5. The lowest BCUT2D eigenvalue weighted by Crippen LogP contribution is -2.36. The third-order valence-electron chi connectivity index (χ3n) is 6.05. The Morgan fingerprint density at radius 3 is 2.52 bits per heavy atom. The van der Waals surface area contributed by atoms with Gasteiger partial charge in [0.25, 0.3) is 0 Å². The lowest BCUT2D eigenvalue weighted by molar-refractivity contribution is -0.137. The molecule has 2 heterocycles. The minimum Gasteiger partial charge on any atom is -0.379 e. The third-order valence-corrected chi connectivity index (χ3v) is 6.05. The topological polar surface area (TPSA) is 61.9 Å². The summed E-state index contributed by atoms with van der Waals surface area (Å²) in [5.41, 5.74) is 1.45. The van der Waals surface area contributed by atoms with Gasteiger partial charge in [-0.1, -0.05) is 30.3 Å². The van der Waals surface area contributed by atoms with Crippen molar-refractivity contribution < 1.29 is 27.5 Å². The van der Waals surface area contributed by atoms with Gasteiger partial charge in [0.1, 0.15) is 0 Å². The minimum absolute atomic E-state index is 0.0303. The largest absolute Gasteiger partial charge is 0.416 e. The first kappa shape index (κ1) is 23.3. The van der Waals surface area contributed by atoms with Gasteiger partial charge in [-0.2, -0.15) is 13.2 Å². The maximum absolute atomic E-state index is 13.0. The molecule has 2 aliphatic rings. The number of benzene rings is 2. The van der Waals surface area contributed by atoms with Gasteiger partial charge in [0.15, 0.2) is 0 Å². The van der Waals surface area contributed by atoms with E-state index in [-0.39, 0.29) is 30.5 Å². The molecule has 0 radical (unpaired) electrons. The van der Waals surface area contributed by atoms with Crippen LogP contribution in [0.5, 0.6) is 0 Å². The Morgan fingerprint density at radius 1 is 1.06 bits per heavy atom. The predicted octanol–water partition coefficient (Wildman–Crippen LogP) is 3.21. The molecule has 0 spiro atoms. The smallest absolute Gasteiger partial charge is 0.379 e. The van der Waals surface area contributed by atoms with Gasteiger partial charge in [-0.3, -0.25) is 14.5 Å². The van der Waals surface area contributed by atoms with Crippen molar-refractivity contribution in [3.8, 4) is 0 Å². The summed E-state index contributed by atoms with van der Waals surface area (Å²) >= 11 is 0. The molecule has 0 aliphatic carbocycles. The van der Waals surface area contributed by atoms with Gasteiger partial charge in [0, 0.05) is 44.8 Å². The van der Waals surface area contributed by atoms with Gasteiger partial charge in [0.2, 0.25) is 11.8 Å². The Kier molecular flexibility index (Phi) is 6.99. The van der Waals surface area contributed by atoms with Crippen LogP contribution in [0, 0.1) is 5.92 Å². The molecule has 2 aromatic rings. The van der Waals surface area contributed by atoms with Crippen LogP contribution in [0.25, 0.3) is 0 Å². The van der Waals surface area contributed by atoms with Gasteiger partial charge in [-0.05, 0) is 29.3 Å². The number of morpholine rings is 1. The predicted molar refractivity (Wildman–Crippen MR) is 116 cm³/mol. The molecule has 6 nitrogen and oxygen atoms in total. The average molecular weight is 461 g/mol. The van der Waals surface area contributed by atoms with E-state index in [1.807, 2.05) is 24.3 Å². The molecule has 2 fully saturated rings. The number of ether oxygens (including phenoxy) is 1. The first-order chi connectivity index (χ1) is 15.8. The maximum Gasteiger partial charge on any atom is 0.416 e. The number of anilines is 1. The van der Waals surface area contributed by atoms with Crippen molar-refractivity contribution in [2.45, 2.75) is 25.7 Å². The summed E-state index contributed by atoms with van der Waals surface area (Å²) in [7, 11) is 0. The second-order valence-electron chi connectivity index (χ2n) is 8.33. The van der Waals surface area contributed by atoms with Crippen LogP contribution in [-0.2, 0) is 33.6 Å². The number of carbonyl (C=O) groups is 2. The molecule has 2 aromatic carbocycles. The number of alkyl halides is 3. The minimum atomic E-state index is -4.50. The van der Waals surface area contributed by atoms with E-state index >= 15 is 0 Å². The molecule has 9 heteroatoms. The lowest BCUT2D eigenvalue weighted by Gasteiger charge is -2.27. The number of carbonyl (C=O) groups excluding carboxylic acids is 2. The third kappa shape index (κ3) is 5.72. The van der Waals surface area contributed by atoms with E-state index < -0.39 is 17.7 Å². The standard InChI is InChI=1S/C24H26F3N3O3/c25-24(26,27)20-6-3-7-21(13-20)30-16-19(12-22(30)31)23(32)28-14-17-4-1-2-5-18(17)15-29-8-10-33-11-9-29/h1-7,13,19H,8-12,14-16H2,(H,28,32)/t19-/m1/s1. The van der Waals surface area contributed by atoms with E-state index in [9.17, 15) is 22.8 Å². The number of hydrogen-bond acceptors (Lipinski definition) is 4. The van der Waals surface area contributed by atoms with Crippen molar-refractivity contribution in [3.05, 3.63) is 65.2 Å². The van der Waals surface area contributed by atoms with Crippen LogP contribution < -0.4 is 10.2 Å². The summed E-state index contributed by atoms with van der Waals surface area (Å²) in [4.78, 5) is 28.8. The molecule has 1 N–H and O–H groups in total. The first-order valence-corrected chi connectivity index (χ1v) is 10.9. The van der Waals surface area contributed by atoms with Crippen molar-refractivity contribution in [2.75, 3.05) is 37.7 Å². The Labute approximate surface area is 190 Å². The Bertz CT molecular complexity index is 1010. The van der Waals surface area contributed by atoms with Gasteiger partial charge in [-0.25, -0.2) is 0 Å². The van der Waals surface area contributed by atoms with E-state index in [4.69, 9.17) is 4.74 Å². The summed E-state index contributed by atoms with van der Waals surface area (Å²) in [6, 6.07) is 12.5. The molecule has 2 aliphatic heterocycles. The fourth-order valence-corrected chi connectivity index (χ4v) is 4.19. The number of amides is 2. The molecule has 0 bridgehead atoms. The number of halogens is 3.